The van der Waals surface area contributed by atoms with E-state index in [0.717, 1.165) is 81.2 Å². The van der Waals surface area contributed by atoms with Crippen molar-refractivity contribution in [2.75, 3.05) is 46.5 Å². The maximum Gasteiger partial charge on any atom is 0.162 e. The van der Waals surface area contributed by atoms with Crippen LogP contribution in [-0.2, 0) is 11.3 Å². The van der Waals surface area contributed by atoms with Gasteiger partial charge in [0.15, 0.2) is 11.5 Å². The Morgan fingerprint density at radius 1 is 1.19 bits per heavy atom. The number of hydrogen-bond donors (Lipinski definition) is 1. The van der Waals surface area contributed by atoms with E-state index in [-0.39, 0.29) is 12.4 Å². The molecule has 3 rings (SSSR count). The van der Waals surface area contributed by atoms with Crippen molar-refractivity contribution in [3.05, 3.63) is 22.2 Å². The van der Waals surface area contributed by atoms with Crippen molar-refractivity contribution in [2.24, 2.45) is 0 Å². The van der Waals surface area contributed by atoms with Crippen molar-refractivity contribution >= 4 is 28.3 Å². The number of morpholine rings is 1. The molecule has 2 fully saturated rings. The van der Waals surface area contributed by atoms with Gasteiger partial charge in [-0.05, 0) is 62.9 Å². The fourth-order valence-electron chi connectivity index (χ4n) is 3.63. The number of ether oxygens (including phenoxy) is 3. The normalized spacial score (nSPS) is 18.3. The topological polar surface area (TPSA) is 43.0 Å². The van der Waals surface area contributed by atoms with Crippen LogP contribution in [-0.4, -0.2) is 57.5 Å². The van der Waals surface area contributed by atoms with Crippen molar-refractivity contribution in [3.63, 3.8) is 0 Å². The Hall–Kier alpha value is -0.530. The van der Waals surface area contributed by atoms with Gasteiger partial charge in [-0.15, -0.1) is 12.4 Å². The number of nitrogens with one attached hydrogen (secondary N) is 1. The van der Waals surface area contributed by atoms with Crippen LogP contribution in [0.3, 0.4) is 0 Å². The highest BCUT2D eigenvalue weighted by molar-refractivity contribution is 9.10. The molecule has 1 heterocycles. The van der Waals surface area contributed by atoms with Gasteiger partial charge in [0.2, 0.25) is 0 Å². The van der Waals surface area contributed by atoms with Crippen LogP contribution in [0.2, 0.25) is 0 Å². The van der Waals surface area contributed by atoms with Crippen molar-refractivity contribution in [2.45, 2.75) is 44.8 Å². The number of methoxy groups -OCH3 is 1. The van der Waals surface area contributed by atoms with Crippen LogP contribution < -0.4 is 14.8 Å². The van der Waals surface area contributed by atoms with Gasteiger partial charge in [-0.1, -0.05) is 15.9 Å². The van der Waals surface area contributed by atoms with Gasteiger partial charge >= 0.3 is 0 Å². The Labute approximate surface area is 177 Å². The quantitative estimate of drug-likeness (QED) is 0.561. The third-order valence-corrected chi connectivity index (χ3v) is 5.91. The molecule has 1 saturated heterocycles. The molecule has 0 atom stereocenters. The lowest BCUT2D eigenvalue weighted by Crippen LogP contribution is -2.37. The molecule has 1 aliphatic heterocycles. The Kier molecular flexibility index (Phi) is 10.2. The number of rotatable bonds is 9. The van der Waals surface area contributed by atoms with E-state index >= 15 is 0 Å². The summed E-state index contributed by atoms with van der Waals surface area (Å²) in [4.78, 5) is 2.47. The van der Waals surface area contributed by atoms with Crippen molar-refractivity contribution in [3.8, 4) is 11.5 Å². The lowest BCUT2D eigenvalue weighted by atomic mass is 10.2. The summed E-state index contributed by atoms with van der Waals surface area (Å²) in [5.41, 5.74) is 1.20. The molecular formula is C20H32BrClN2O3. The van der Waals surface area contributed by atoms with Gasteiger partial charge in [-0.2, -0.15) is 0 Å². The smallest absolute Gasteiger partial charge is 0.162 e. The summed E-state index contributed by atoms with van der Waals surface area (Å²) in [6, 6.07) is 4.14. The van der Waals surface area contributed by atoms with Gasteiger partial charge in [0.1, 0.15) is 0 Å². The van der Waals surface area contributed by atoms with Gasteiger partial charge in [0, 0.05) is 24.1 Å². The Balaban J connectivity index is 0.00000261. The van der Waals surface area contributed by atoms with Crippen LogP contribution in [0.4, 0.5) is 0 Å². The summed E-state index contributed by atoms with van der Waals surface area (Å²) in [5.74, 6) is 1.67. The lowest BCUT2D eigenvalue weighted by molar-refractivity contribution is 0.0374. The molecule has 154 valence electrons. The third-order valence-electron chi connectivity index (χ3n) is 5.18. The molecule has 5 nitrogen and oxygen atoms in total. The van der Waals surface area contributed by atoms with Crippen molar-refractivity contribution in [1.29, 1.82) is 0 Å². The predicted octanol–water partition coefficient (Wildman–Crippen LogP) is 4.01. The average Bonchev–Trinajstić information content (AvgIpc) is 3.17. The summed E-state index contributed by atoms with van der Waals surface area (Å²) < 4.78 is 18.2. The highest BCUT2D eigenvalue weighted by Crippen LogP contribution is 2.36. The van der Waals surface area contributed by atoms with Crippen LogP contribution in [0.25, 0.3) is 0 Å². The fraction of sp³-hybridized carbons (Fsp3) is 0.700. The van der Waals surface area contributed by atoms with E-state index < -0.39 is 0 Å². The summed E-state index contributed by atoms with van der Waals surface area (Å²) in [6.45, 7) is 6.83. The molecule has 1 aliphatic carbocycles. The second-order valence-corrected chi connectivity index (χ2v) is 7.96. The van der Waals surface area contributed by atoms with Gasteiger partial charge in [0.25, 0.3) is 0 Å². The highest BCUT2D eigenvalue weighted by Gasteiger charge is 2.19. The number of halogens is 2. The zero-order valence-corrected chi connectivity index (χ0v) is 18.6. The molecule has 1 N–H and O–H groups in total. The molecule has 0 bridgehead atoms. The Morgan fingerprint density at radius 3 is 2.63 bits per heavy atom. The first-order valence-corrected chi connectivity index (χ1v) is 10.6. The molecular weight excluding hydrogens is 432 g/mol. The number of benzene rings is 1. The highest BCUT2D eigenvalue weighted by atomic mass is 79.9. The minimum Gasteiger partial charge on any atom is -0.493 e. The molecule has 1 saturated carbocycles. The molecule has 0 aromatic heterocycles. The second-order valence-electron chi connectivity index (χ2n) is 7.10. The third kappa shape index (κ3) is 7.09. The van der Waals surface area contributed by atoms with E-state index in [1.54, 1.807) is 7.11 Å². The molecule has 7 heteroatoms. The van der Waals surface area contributed by atoms with Crippen LogP contribution in [0.1, 0.15) is 37.7 Å². The van der Waals surface area contributed by atoms with Gasteiger partial charge < -0.3 is 19.5 Å². The minimum atomic E-state index is 0. The summed E-state index contributed by atoms with van der Waals surface area (Å²) in [5, 5.41) is 3.54. The molecule has 0 amide bonds. The van der Waals surface area contributed by atoms with E-state index in [1.807, 2.05) is 0 Å². The fourth-order valence-corrected chi connectivity index (χ4v) is 4.09. The minimum absolute atomic E-state index is 0. The van der Waals surface area contributed by atoms with Gasteiger partial charge in [-0.3, -0.25) is 4.90 Å². The summed E-state index contributed by atoms with van der Waals surface area (Å²) in [7, 11) is 1.71. The Bertz CT molecular complexity index is 564. The van der Waals surface area contributed by atoms with E-state index in [4.69, 9.17) is 14.2 Å². The Morgan fingerprint density at radius 2 is 1.93 bits per heavy atom. The summed E-state index contributed by atoms with van der Waals surface area (Å²) >= 11 is 3.69. The number of nitrogens with zero attached hydrogens (tertiary/aromatic N) is 1. The molecule has 0 spiro atoms. The second kappa shape index (κ2) is 12.1. The molecule has 1 aromatic rings. The maximum atomic E-state index is 6.15. The molecule has 0 radical (unpaired) electrons. The SMILES string of the molecule is COc1cc(CNCCCN2CCOCC2)c(Br)cc1OC1CCCC1.Cl. The average molecular weight is 464 g/mol. The first kappa shape index (κ1) is 22.8. The van der Waals surface area contributed by atoms with Gasteiger partial charge in [-0.25, -0.2) is 0 Å². The first-order chi connectivity index (χ1) is 12.8. The predicted molar refractivity (Wildman–Crippen MR) is 114 cm³/mol. The van der Waals surface area contributed by atoms with E-state index in [9.17, 15) is 0 Å². The molecule has 27 heavy (non-hydrogen) atoms. The zero-order valence-electron chi connectivity index (χ0n) is 16.2. The lowest BCUT2D eigenvalue weighted by Gasteiger charge is -2.26. The molecule has 1 aromatic carbocycles. The summed E-state index contributed by atoms with van der Waals surface area (Å²) in [6.07, 6.45) is 6.30. The van der Waals surface area contributed by atoms with Crippen LogP contribution in [0.15, 0.2) is 16.6 Å². The molecule has 2 aliphatic rings. The monoisotopic (exact) mass is 462 g/mol. The van der Waals surface area contributed by atoms with Crippen molar-refractivity contribution in [1.82, 2.24) is 10.2 Å². The van der Waals surface area contributed by atoms with Crippen LogP contribution >= 0.6 is 28.3 Å². The molecule has 0 unspecified atom stereocenters. The van der Waals surface area contributed by atoms with Crippen LogP contribution in [0, 0.1) is 0 Å². The van der Waals surface area contributed by atoms with E-state index in [0.29, 0.717) is 6.10 Å². The largest absolute Gasteiger partial charge is 0.493 e. The maximum absolute atomic E-state index is 6.15. The number of hydrogen-bond acceptors (Lipinski definition) is 5. The van der Waals surface area contributed by atoms with Crippen molar-refractivity contribution < 1.29 is 14.2 Å². The van der Waals surface area contributed by atoms with E-state index in [2.05, 4.69) is 38.3 Å². The standard InChI is InChI=1S/C20H31BrN2O3.ClH/c1-24-19-13-16(15-22-7-4-8-23-9-11-25-12-10-23)18(21)14-20(19)26-17-5-2-3-6-17;/h13-14,17,22H,2-12,15H2,1H3;1H. The first-order valence-electron chi connectivity index (χ1n) is 9.80. The van der Waals surface area contributed by atoms with Gasteiger partial charge in [0.05, 0.1) is 26.4 Å². The van der Waals surface area contributed by atoms with Crippen LogP contribution in [0.5, 0.6) is 11.5 Å². The zero-order chi connectivity index (χ0) is 18.2. The van der Waals surface area contributed by atoms with E-state index in [1.165, 1.54) is 18.4 Å².